The van der Waals surface area contributed by atoms with Crippen molar-refractivity contribution in [3.05, 3.63) is 36.4 Å². The second kappa shape index (κ2) is 13.7. The van der Waals surface area contributed by atoms with E-state index in [1.807, 2.05) is 36.4 Å². The minimum atomic E-state index is -0.250. The van der Waals surface area contributed by atoms with E-state index < -0.39 is 0 Å². The van der Waals surface area contributed by atoms with Crippen LogP contribution in [0.25, 0.3) is 0 Å². The molecule has 1 rings (SSSR count). The van der Waals surface area contributed by atoms with E-state index in [4.69, 9.17) is 9.90 Å². The Balaban J connectivity index is 0. The van der Waals surface area contributed by atoms with E-state index in [0.717, 1.165) is 6.41 Å². The molecule has 0 saturated heterocycles. The van der Waals surface area contributed by atoms with Gasteiger partial charge in [0.1, 0.15) is 0 Å². The van der Waals surface area contributed by atoms with Gasteiger partial charge in [0.2, 0.25) is 6.41 Å². The number of hydrogen-bond donors (Lipinski definition) is 1. The van der Waals surface area contributed by atoms with Gasteiger partial charge in [-0.15, -0.1) is 0 Å². The summed E-state index contributed by atoms with van der Waals surface area (Å²) in [5.41, 5.74) is 0. The van der Waals surface area contributed by atoms with E-state index in [9.17, 15) is 4.79 Å². The number of carboxylic acid groups (broad SMARTS) is 1. The lowest BCUT2D eigenvalue weighted by Crippen LogP contribution is -2.06. The Bertz CT molecular complexity index is 185. The van der Waals surface area contributed by atoms with Gasteiger partial charge in [0.15, 0.2) is 0 Å². The van der Waals surface area contributed by atoms with E-state index in [1.165, 1.54) is 4.90 Å². The van der Waals surface area contributed by atoms with Crippen LogP contribution in [0.4, 0.5) is 0 Å². The van der Waals surface area contributed by atoms with Gasteiger partial charge in [-0.05, 0) is 0 Å². The second-order valence-corrected chi connectivity index (χ2v) is 2.33. The lowest BCUT2D eigenvalue weighted by Gasteiger charge is -1.93. The minimum Gasteiger partial charge on any atom is -0.483 e. The maximum atomic E-state index is 9.43. The highest BCUT2D eigenvalue weighted by molar-refractivity contribution is 5.45. The molecule has 1 aromatic carbocycles. The molecule has 0 unspecified atom stereocenters. The molecular formula is C10H15NO3. The molecule has 0 aliphatic carbocycles. The van der Waals surface area contributed by atoms with Crippen molar-refractivity contribution in [3.8, 4) is 0 Å². The monoisotopic (exact) mass is 197 g/mol. The molecule has 0 aliphatic rings. The van der Waals surface area contributed by atoms with Crippen molar-refractivity contribution >= 4 is 12.9 Å². The normalized spacial score (nSPS) is 6.71. The van der Waals surface area contributed by atoms with Crippen molar-refractivity contribution in [1.82, 2.24) is 4.90 Å². The second-order valence-electron chi connectivity index (χ2n) is 2.33. The lowest BCUT2D eigenvalue weighted by molar-refractivity contribution is -0.123. The number of carbonyl (C=O) groups is 2. The van der Waals surface area contributed by atoms with E-state index in [0.29, 0.717) is 0 Å². The SMILES string of the molecule is CN(C)C=O.O=CO.c1ccccc1. The Hall–Kier alpha value is -1.84. The molecule has 0 aromatic heterocycles. The van der Waals surface area contributed by atoms with Gasteiger partial charge >= 0.3 is 0 Å². The maximum Gasteiger partial charge on any atom is 0.290 e. The quantitative estimate of drug-likeness (QED) is 0.686. The number of carbonyl (C=O) groups excluding carboxylic acids is 1. The number of rotatable bonds is 1. The van der Waals surface area contributed by atoms with Crippen LogP contribution in [0.15, 0.2) is 36.4 Å². The highest BCUT2D eigenvalue weighted by atomic mass is 16.3. The minimum absolute atomic E-state index is 0.250. The van der Waals surface area contributed by atoms with Crippen LogP contribution in [0.5, 0.6) is 0 Å². The predicted octanol–water partition coefficient (Wildman–Crippen LogP) is 1.09. The molecule has 1 aromatic rings. The van der Waals surface area contributed by atoms with Crippen molar-refractivity contribution < 1.29 is 14.7 Å². The summed E-state index contributed by atoms with van der Waals surface area (Å²) in [6, 6.07) is 12.0. The van der Waals surface area contributed by atoms with Crippen LogP contribution in [-0.2, 0) is 9.59 Å². The largest absolute Gasteiger partial charge is 0.483 e. The summed E-state index contributed by atoms with van der Waals surface area (Å²) in [5, 5.41) is 6.89. The molecule has 4 heteroatoms. The smallest absolute Gasteiger partial charge is 0.290 e. The van der Waals surface area contributed by atoms with Gasteiger partial charge in [-0.3, -0.25) is 9.59 Å². The molecule has 14 heavy (non-hydrogen) atoms. The molecule has 0 radical (unpaired) electrons. The zero-order valence-corrected chi connectivity index (χ0v) is 8.33. The molecular weight excluding hydrogens is 182 g/mol. The summed E-state index contributed by atoms with van der Waals surface area (Å²) in [7, 11) is 3.38. The van der Waals surface area contributed by atoms with Crippen molar-refractivity contribution in [3.63, 3.8) is 0 Å². The number of hydrogen-bond acceptors (Lipinski definition) is 2. The standard InChI is InChI=1S/C6H6.C3H7NO.CH2O2/c1-2-4-6-5-3-1;1-4(2)3-5;2-1-3/h1-6H;3H,1-2H3;1H,(H,2,3). The third kappa shape index (κ3) is 22.5. The van der Waals surface area contributed by atoms with Crippen molar-refractivity contribution in [2.45, 2.75) is 0 Å². The lowest BCUT2D eigenvalue weighted by atomic mass is 10.4. The Morgan fingerprint density at radius 1 is 0.929 bits per heavy atom. The fourth-order valence-electron chi connectivity index (χ4n) is 0.385. The molecule has 1 N–H and O–H groups in total. The Kier molecular flexibility index (Phi) is 14.4. The summed E-state index contributed by atoms with van der Waals surface area (Å²) < 4.78 is 0. The first-order chi connectivity index (χ1) is 6.68. The molecule has 0 spiro atoms. The topological polar surface area (TPSA) is 57.6 Å². The molecule has 78 valence electrons. The average molecular weight is 197 g/mol. The highest BCUT2D eigenvalue weighted by Gasteiger charge is 1.68. The van der Waals surface area contributed by atoms with Crippen molar-refractivity contribution in [2.24, 2.45) is 0 Å². The summed E-state index contributed by atoms with van der Waals surface area (Å²) in [5.74, 6) is 0. The summed E-state index contributed by atoms with van der Waals surface area (Å²) in [6.07, 6.45) is 0.750. The first-order valence-corrected chi connectivity index (χ1v) is 3.88. The summed E-state index contributed by atoms with van der Waals surface area (Å²) >= 11 is 0. The molecule has 0 fully saturated rings. The number of benzene rings is 1. The third-order valence-corrected chi connectivity index (χ3v) is 0.877. The van der Waals surface area contributed by atoms with Crippen molar-refractivity contribution in [1.29, 1.82) is 0 Å². The maximum absolute atomic E-state index is 9.43. The van der Waals surface area contributed by atoms with Crippen LogP contribution in [0.1, 0.15) is 0 Å². The van der Waals surface area contributed by atoms with Gasteiger partial charge in [-0.2, -0.15) is 0 Å². The Morgan fingerprint density at radius 3 is 1.14 bits per heavy atom. The Labute approximate surface area is 83.8 Å². The molecule has 0 aliphatic heterocycles. The summed E-state index contributed by atoms with van der Waals surface area (Å²) in [6.45, 7) is -0.250. The highest BCUT2D eigenvalue weighted by Crippen LogP contribution is 1.79. The average Bonchev–Trinajstić information content (AvgIpc) is 2.22. The number of nitrogens with zero attached hydrogens (tertiary/aromatic N) is 1. The van der Waals surface area contributed by atoms with Gasteiger partial charge in [0.25, 0.3) is 6.47 Å². The van der Waals surface area contributed by atoms with E-state index >= 15 is 0 Å². The van der Waals surface area contributed by atoms with Crippen LogP contribution in [-0.4, -0.2) is 37.0 Å². The van der Waals surface area contributed by atoms with Crippen molar-refractivity contribution in [2.75, 3.05) is 14.1 Å². The van der Waals surface area contributed by atoms with Gasteiger partial charge in [-0.1, -0.05) is 36.4 Å². The van der Waals surface area contributed by atoms with Crippen LogP contribution >= 0.6 is 0 Å². The van der Waals surface area contributed by atoms with Crippen LogP contribution < -0.4 is 0 Å². The molecule has 0 heterocycles. The molecule has 0 atom stereocenters. The van der Waals surface area contributed by atoms with E-state index in [2.05, 4.69) is 0 Å². The van der Waals surface area contributed by atoms with E-state index in [-0.39, 0.29) is 6.47 Å². The number of amides is 1. The van der Waals surface area contributed by atoms with Crippen LogP contribution in [0, 0.1) is 0 Å². The van der Waals surface area contributed by atoms with Crippen LogP contribution in [0.2, 0.25) is 0 Å². The fourth-order valence-corrected chi connectivity index (χ4v) is 0.385. The van der Waals surface area contributed by atoms with E-state index in [1.54, 1.807) is 14.1 Å². The zero-order valence-electron chi connectivity index (χ0n) is 8.33. The molecule has 0 saturated carbocycles. The predicted molar refractivity (Wildman–Crippen MR) is 54.9 cm³/mol. The van der Waals surface area contributed by atoms with Crippen LogP contribution in [0.3, 0.4) is 0 Å². The Morgan fingerprint density at radius 2 is 1.07 bits per heavy atom. The van der Waals surface area contributed by atoms with Gasteiger partial charge in [0.05, 0.1) is 0 Å². The first-order valence-electron chi connectivity index (χ1n) is 3.88. The zero-order chi connectivity index (χ0) is 11.2. The summed E-state index contributed by atoms with van der Waals surface area (Å²) in [4.78, 5) is 19.2. The van der Waals surface area contributed by atoms with Gasteiger partial charge in [0, 0.05) is 14.1 Å². The first kappa shape index (κ1) is 14.7. The molecule has 4 nitrogen and oxygen atoms in total. The molecule has 1 amide bonds. The van der Waals surface area contributed by atoms with Gasteiger partial charge in [-0.25, -0.2) is 0 Å². The fraction of sp³-hybridized carbons (Fsp3) is 0.200. The third-order valence-electron chi connectivity index (χ3n) is 0.877. The molecule has 0 bridgehead atoms. The van der Waals surface area contributed by atoms with Gasteiger partial charge < -0.3 is 10.0 Å².